The molecule has 0 unspecified atom stereocenters. The molecule has 1 saturated heterocycles. The molecule has 0 bridgehead atoms. The summed E-state index contributed by atoms with van der Waals surface area (Å²) in [5.74, 6) is 0.584. The molecule has 0 saturated carbocycles. The molecular weight excluding hydrogens is 284 g/mol. The molecule has 1 aliphatic rings. The maximum Gasteiger partial charge on any atom is 0.410 e. The van der Waals surface area contributed by atoms with Crippen LogP contribution in [0.2, 0.25) is 0 Å². The average Bonchev–Trinajstić information content (AvgIpc) is 2.37. The minimum Gasteiger partial charge on any atom is -0.505 e. The fourth-order valence-electron chi connectivity index (χ4n) is 2.46. The summed E-state index contributed by atoms with van der Waals surface area (Å²) in [5, 5.41) is 9.30. The van der Waals surface area contributed by atoms with Crippen molar-refractivity contribution in [3.05, 3.63) is 12.4 Å². The van der Waals surface area contributed by atoms with E-state index in [0.29, 0.717) is 25.6 Å². The van der Waals surface area contributed by atoms with Gasteiger partial charge in [-0.05, 0) is 34.6 Å². The largest absolute Gasteiger partial charge is 0.505 e. The molecule has 1 N–H and O–H groups in total. The molecule has 0 atom stereocenters. The molecular formula is C15H24N4O3. The number of carbonyl (C=O) groups excluding carboxylic acids is 1. The molecule has 7 nitrogen and oxygen atoms in total. The van der Waals surface area contributed by atoms with Crippen molar-refractivity contribution in [3.8, 4) is 5.75 Å². The van der Waals surface area contributed by atoms with Crippen LogP contribution in [0.3, 0.4) is 0 Å². The van der Waals surface area contributed by atoms with Crippen LogP contribution >= 0.6 is 0 Å². The zero-order valence-electron chi connectivity index (χ0n) is 13.8. The number of hydrogen-bond donors (Lipinski definition) is 1. The summed E-state index contributed by atoms with van der Waals surface area (Å²) in [6.07, 6.45) is 2.45. The summed E-state index contributed by atoms with van der Waals surface area (Å²) in [6, 6.07) is 0. The second-order valence-electron chi connectivity index (χ2n) is 7.11. The van der Waals surface area contributed by atoms with E-state index in [4.69, 9.17) is 4.74 Å². The van der Waals surface area contributed by atoms with Gasteiger partial charge in [-0.15, -0.1) is 0 Å². The number of aromatic nitrogens is 2. The summed E-state index contributed by atoms with van der Waals surface area (Å²) in [6.45, 7) is 11.3. The van der Waals surface area contributed by atoms with Crippen LogP contribution in [0.1, 0.15) is 34.6 Å². The second kappa shape index (κ2) is 5.62. The van der Waals surface area contributed by atoms with Gasteiger partial charge in [-0.3, -0.25) is 0 Å². The van der Waals surface area contributed by atoms with Gasteiger partial charge >= 0.3 is 6.09 Å². The predicted molar refractivity (Wildman–Crippen MR) is 82.9 cm³/mol. The lowest BCUT2D eigenvalue weighted by Gasteiger charge is -2.46. The highest BCUT2D eigenvalue weighted by Gasteiger charge is 2.38. The smallest absolute Gasteiger partial charge is 0.410 e. The van der Waals surface area contributed by atoms with Gasteiger partial charge in [0.15, 0.2) is 5.75 Å². The maximum atomic E-state index is 12.2. The van der Waals surface area contributed by atoms with Crippen molar-refractivity contribution in [2.45, 2.75) is 45.8 Å². The van der Waals surface area contributed by atoms with Crippen LogP contribution < -0.4 is 4.90 Å². The standard InChI is InChI=1S/C15H24N4O3/c1-14(2,3)22-13(21)18-6-7-19(15(4,5)10-18)12-16-8-11(20)9-17-12/h8-9,20H,6-7,10H2,1-5H3. The third-order valence-corrected chi connectivity index (χ3v) is 3.42. The molecule has 0 aromatic carbocycles. The molecule has 1 aliphatic heterocycles. The number of hydrogen-bond acceptors (Lipinski definition) is 6. The lowest BCUT2D eigenvalue weighted by atomic mass is 9.99. The highest BCUT2D eigenvalue weighted by Crippen LogP contribution is 2.26. The van der Waals surface area contributed by atoms with Crippen molar-refractivity contribution in [1.29, 1.82) is 0 Å². The van der Waals surface area contributed by atoms with Crippen molar-refractivity contribution in [1.82, 2.24) is 14.9 Å². The van der Waals surface area contributed by atoms with Crippen LogP contribution in [-0.2, 0) is 4.74 Å². The zero-order valence-corrected chi connectivity index (χ0v) is 13.8. The van der Waals surface area contributed by atoms with Gasteiger partial charge in [-0.1, -0.05) is 0 Å². The fraction of sp³-hybridized carbons (Fsp3) is 0.667. The Morgan fingerprint density at radius 2 is 1.86 bits per heavy atom. The van der Waals surface area contributed by atoms with Gasteiger partial charge in [0.25, 0.3) is 0 Å². The summed E-state index contributed by atoms with van der Waals surface area (Å²) >= 11 is 0. The highest BCUT2D eigenvalue weighted by atomic mass is 16.6. The van der Waals surface area contributed by atoms with Gasteiger partial charge in [0.1, 0.15) is 5.60 Å². The van der Waals surface area contributed by atoms with E-state index in [1.807, 2.05) is 39.5 Å². The predicted octanol–water partition coefficient (Wildman–Crippen LogP) is 2.02. The lowest BCUT2D eigenvalue weighted by Crippen LogP contribution is -2.61. The Labute approximate surface area is 130 Å². The number of carbonyl (C=O) groups is 1. The van der Waals surface area contributed by atoms with Crippen LogP contribution in [0, 0.1) is 0 Å². The Morgan fingerprint density at radius 3 is 2.36 bits per heavy atom. The fourth-order valence-corrected chi connectivity index (χ4v) is 2.46. The summed E-state index contributed by atoms with van der Waals surface area (Å²) < 4.78 is 5.43. The van der Waals surface area contributed by atoms with Crippen LogP contribution in [0.4, 0.5) is 10.7 Å². The molecule has 2 heterocycles. The monoisotopic (exact) mass is 308 g/mol. The van der Waals surface area contributed by atoms with E-state index in [9.17, 15) is 9.90 Å². The Hall–Kier alpha value is -2.05. The van der Waals surface area contributed by atoms with Crippen LogP contribution in [0.5, 0.6) is 5.75 Å². The van der Waals surface area contributed by atoms with Gasteiger partial charge < -0.3 is 19.6 Å². The topological polar surface area (TPSA) is 78.8 Å². The second-order valence-corrected chi connectivity index (χ2v) is 7.11. The molecule has 1 amide bonds. The van der Waals surface area contributed by atoms with Crippen LogP contribution in [0.15, 0.2) is 12.4 Å². The average molecular weight is 308 g/mol. The zero-order chi connectivity index (χ0) is 16.5. The molecule has 0 spiro atoms. The van der Waals surface area contributed by atoms with Crippen LogP contribution in [-0.4, -0.2) is 56.8 Å². The van der Waals surface area contributed by atoms with Gasteiger partial charge in [0, 0.05) is 19.6 Å². The van der Waals surface area contributed by atoms with E-state index < -0.39 is 5.60 Å². The van der Waals surface area contributed by atoms with Gasteiger partial charge in [-0.2, -0.15) is 0 Å². The Kier molecular flexibility index (Phi) is 4.17. The molecule has 122 valence electrons. The number of piperazine rings is 1. The third kappa shape index (κ3) is 3.78. The molecule has 0 radical (unpaired) electrons. The Balaban J connectivity index is 2.09. The molecule has 1 fully saturated rings. The Bertz CT molecular complexity index is 537. The first-order valence-electron chi connectivity index (χ1n) is 7.35. The van der Waals surface area contributed by atoms with E-state index >= 15 is 0 Å². The van der Waals surface area contributed by atoms with Gasteiger partial charge in [-0.25, -0.2) is 14.8 Å². The van der Waals surface area contributed by atoms with Crippen molar-refractivity contribution >= 4 is 12.0 Å². The third-order valence-electron chi connectivity index (χ3n) is 3.42. The molecule has 7 heteroatoms. The van der Waals surface area contributed by atoms with Crippen molar-refractivity contribution in [3.63, 3.8) is 0 Å². The number of ether oxygens (including phenoxy) is 1. The molecule has 2 rings (SSSR count). The minimum absolute atomic E-state index is 0.0361. The summed E-state index contributed by atoms with van der Waals surface area (Å²) in [7, 11) is 0. The molecule has 1 aromatic rings. The minimum atomic E-state index is -0.502. The summed E-state index contributed by atoms with van der Waals surface area (Å²) in [5.41, 5.74) is -0.829. The summed E-state index contributed by atoms with van der Waals surface area (Å²) in [4.78, 5) is 24.3. The Morgan fingerprint density at radius 1 is 1.27 bits per heavy atom. The van der Waals surface area contributed by atoms with E-state index in [0.717, 1.165) is 0 Å². The quantitative estimate of drug-likeness (QED) is 0.855. The molecule has 0 aliphatic carbocycles. The van der Waals surface area contributed by atoms with E-state index in [-0.39, 0.29) is 17.4 Å². The molecule has 1 aromatic heterocycles. The number of nitrogens with zero attached hydrogens (tertiary/aromatic N) is 4. The normalized spacial score (nSPS) is 18.2. The first kappa shape index (κ1) is 16.3. The van der Waals surface area contributed by atoms with Gasteiger partial charge in [0.05, 0.1) is 17.9 Å². The number of amides is 1. The van der Waals surface area contributed by atoms with E-state index in [1.54, 1.807) is 4.90 Å². The van der Waals surface area contributed by atoms with Crippen molar-refractivity contribution in [2.75, 3.05) is 24.5 Å². The van der Waals surface area contributed by atoms with Gasteiger partial charge in [0.2, 0.25) is 5.95 Å². The first-order valence-corrected chi connectivity index (χ1v) is 7.35. The van der Waals surface area contributed by atoms with Crippen molar-refractivity contribution < 1.29 is 14.6 Å². The first-order chi connectivity index (χ1) is 10.1. The van der Waals surface area contributed by atoms with Crippen LogP contribution in [0.25, 0.3) is 0 Å². The van der Waals surface area contributed by atoms with Crippen molar-refractivity contribution in [2.24, 2.45) is 0 Å². The number of aromatic hydroxyl groups is 1. The van der Waals surface area contributed by atoms with E-state index in [2.05, 4.69) is 9.97 Å². The van der Waals surface area contributed by atoms with E-state index in [1.165, 1.54) is 12.4 Å². The molecule has 22 heavy (non-hydrogen) atoms. The number of anilines is 1. The number of rotatable bonds is 1. The maximum absolute atomic E-state index is 12.2. The lowest BCUT2D eigenvalue weighted by molar-refractivity contribution is 0.0178. The highest BCUT2D eigenvalue weighted by molar-refractivity contribution is 5.69. The SMILES string of the molecule is CC(C)(C)OC(=O)N1CCN(c2ncc(O)cn2)C(C)(C)C1.